The van der Waals surface area contributed by atoms with Gasteiger partial charge in [-0.1, -0.05) is 25.1 Å². The van der Waals surface area contributed by atoms with E-state index < -0.39 is 5.69 Å². The van der Waals surface area contributed by atoms with Gasteiger partial charge in [-0.05, 0) is 68.0 Å². The monoisotopic (exact) mass is 404 g/mol. The predicted molar refractivity (Wildman–Crippen MR) is 121 cm³/mol. The Labute approximate surface area is 176 Å². The van der Waals surface area contributed by atoms with Crippen LogP contribution in [0.25, 0.3) is 10.9 Å². The van der Waals surface area contributed by atoms with Gasteiger partial charge in [0.2, 0.25) is 5.91 Å². The van der Waals surface area contributed by atoms with Gasteiger partial charge < -0.3 is 10.2 Å². The van der Waals surface area contributed by atoms with Crippen LogP contribution in [0.3, 0.4) is 0 Å². The summed E-state index contributed by atoms with van der Waals surface area (Å²) in [4.78, 5) is 32.2. The lowest BCUT2D eigenvalue weighted by atomic mass is 9.99. The van der Waals surface area contributed by atoms with Crippen LogP contribution in [0.5, 0.6) is 0 Å². The maximum absolute atomic E-state index is 12.9. The van der Waals surface area contributed by atoms with Gasteiger partial charge in [-0.3, -0.25) is 9.36 Å². The van der Waals surface area contributed by atoms with Crippen molar-refractivity contribution in [2.24, 2.45) is 5.92 Å². The summed E-state index contributed by atoms with van der Waals surface area (Å²) in [5.74, 6) is 1.18. The highest BCUT2D eigenvalue weighted by atomic mass is 16.2. The zero-order chi connectivity index (χ0) is 21.3. The van der Waals surface area contributed by atoms with Crippen molar-refractivity contribution in [3.63, 3.8) is 0 Å². The fourth-order valence-electron chi connectivity index (χ4n) is 4.22. The Bertz CT molecular complexity index is 1120. The third-order valence-electron chi connectivity index (χ3n) is 5.76. The number of nitrogens with one attached hydrogen (secondary N) is 1. The van der Waals surface area contributed by atoms with Crippen molar-refractivity contribution >= 4 is 28.3 Å². The summed E-state index contributed by atoms with van der Waals surface area (Å²) in [5, 5.41) is 3.82. The number of nitrogens with zero attached hydrogens (tertiary/aromatic N) is 3. The van der Waals surface area contributed by atoms with E-state index in [1.54, 1.807) is 0 Å². The zero-order valence-electron chi connectivity index (χ0n) is 17.8. The van der Waals surface area contributed by atoms with E-state index in [1.807, 2.05) is 50.2 Å². The average Bonchev–Trinajstić information content (AvgIpc) is 2.70. The molecule has 0 spiro atoms. The molecule has 1 fully saturated rings. The van der Waals surface area contributed by atoms with Crippen molar-refractivity contribution in [1.82, 2.24) is 9.55 Å². The van der Waals surface area contributed by atoms with Gasteiger partial charge in [0.15, 0.2) is 0 Å². The van der Waals surface area contributed by atoms with Crippen LogP contribution in [0, 0.1) is 19.8 Å². The lowest BCUT2D eigenvalue weighted by Gasteiger charge is -2.32. The van der Waals surface area contributed by atoms with Crippen molar-refractivity contribution in [3.05, 3.63) is 64.1 Å². The van der Waals surface area contributed by atoms with Crippen LogP contribution in [0.1, 0.15) is 30.9 Å². The van der Waals surface area contributed by atoms with Crippen LogP contribution in [-0.2, 0) is 11.3 Å². The number of carbonyl (C=O) groups excluding carboxylic acids is 1. The molecule has 1 aliphatic heterocycles. The van der Waals surface area contributed by atoms with Gasteiger partial charge in [-0.2, -0.15) is 4.98 Å². The number of para-hydroxylation sites is 1. The number of anilines is 2. The number of fused-ring (bicyclic) bond motifs is 1. The third kappa shape index (κ3) is 4.22. The Balaban J connectivity index is 1.65. The lowest BCUT2D eigenvalue weighted by molar-refractivity contribution is -0.116. The maximum Gasteiger partial charge on any atom is 0.350 e. The second-order valence-corrected chi connectivity index (χ2v) is 8.42. The number of amides is 1. The van der Waals surface area contributed by atoms with Gasteiger partial charge in [0, 0.05) is 24.2 Å². The molecule has 1 saturated heterocycles. The molecule has 1 aromatic heterocycles. The van der Waals surface area contributed by atoms with Crippen LogP contribution in [-0.4, -0.2) is 28.5 Å². The number of hydrogen-bond donors (Lipinski definition) is 1. The van der Waals surface area contributed by atoms with Crippen LogP contribution in [0.4, 0.5) is 11.5 Å². The molecule has 30 heavy (non-hydrogen) atoms. The number of rotatable bonds is 4. The fourth-order valence-corrected chi connectivity index (χ4v) is 4.22. The lowest BCUT2D eigenvalue weighted by Crippen LogP contribution is -2.37. The second-order valence-electron chi connectivity index (χ2n) is 8.42. The van der Waals surface area contributed by atoms with Crippen molar-refractivity contribution in [3.8, 4) is 0 Å². The number of aryl methyl sites for hydroxylation is 2. The Morgan fingerprint density at radius 1 is 1.10 bits per heavy atom. The van der Waals surface area contributed by atoms with Gasteiger partial charge in [-0.25, -0.2) is 4.79 Å². The molecule has 0 aliphatic carbocycles. The Morgan fingerprint density at radius 2 is 1.77 bits per heavy atom. The van der Waals surface area contributed by atoms with Crippen LogP contribution in [0.2, 0.25) is 0 Å². The highest BCUT2D eigenvalue weighted by Crippen LogP contribution is 2.27. The van der Waals surface area contributed by atoms with Gasteiger partial charge in [0.25, 0.3) is 0 Å². The van der Waals surface area contributed by atoms with E-state index in [4.69, 9.17) is 0 Å². The van der Waals surface area contributed by atoms with Crippen molar-refractivity contribution in [2.45, 2.75) is 40.2 Å². The molecule has 1 amide bonds. The molecule has 4 rings (SSSR count). The van der Waals surface area contributed by atoms with Gasteiger partial charge in [0.1, 0.15) is 12.4 Å². The summed E-state index contributed by atoms with van der Waals surface area (Å²) in [6, 6.07) is 13.6. The minimum absolute atomic E-state index is 0.0728. The van der Waals surface area contributed by atoms with Gasteiger partial charge in [-0.15, -0.1) is 0 Å². The Kier molecular flexibility index (Phi) is 5.57. The Morgan fingerprint density at radius 3 is 2.47 bits per heavy atom. The molecule has 1 N–H and O–H groups in total. The summed E-state index contributed by atoms with van der Waals surface area (Å²) in [6.45, 7) is 7.96. The molecule has 2 aromatic carbocycles. The van der Waals surface area contributed by atoms with Crippen LogP contribution in [0.15, 0.2) is 47.3 Å². The second kappa shape index (κ2) is 8.30. The molecule has 3 aromatic rings. The summed E-state index contributed by atoms with van der Waals surface area (Å²) in [6.07, 6.45) is 2.19. The minimum Gasteiger partial charge on any atom is -0.356 e. The minimum atomic E-state index is -0.391. The fraction of sp³-hybridized carbons (Fsp3) is 0.375. The van der Waals surface area contributed by atoms with Crippen molar-refractivity contribution in [1.29, 1.82) is 0 Å². The zero-order valence-corrected chi connectivity index (χ0v) is 17.8. The van der Waals surface area contributed by atoms with Gasteiger partial charge in [0.05, 0.1) is 5.52 Å². The molecule has 156 valence electrons. The smallest absolute Gasteiger partial charge is 0.350 e. The topological polar surface area (TPSA) is 67.2 Å². The van der Waals surface area contributed by atoms with E-state index in [2.05, 4.69) is 28.2 Å². The summed E-state index contributed by atoms with van der Waals surface area (Å²) < 4.78 is 1.46. The predicted octanol–water partition coefficient (Wildman–Crippen LogP) is 3.89. The highest BCUT2D eigenvalue weighted by molar-refractivity contribution is 5.94. The largest absolute Gasteiger partial charge is 0.356 e. The maximum atomic E-state index is 12.9. The molecule has 0 unspecified atom stereocenters. The number of benzene rings is 2. The third-order valence-corrected chi connectivity index (χ3v) is 5.76. The molecule has 0 radical (unpaired) electrons. The molecule has 2 heterocycles. The molecule has 6 heteroatoms. The quantitative estimate of drug-likeness (QED) is 0.716. The number of piperidine rings is 1. The van der Waals surface area contributed by atoms with Crippen molar-refractivity contribution in [2.75, 3.05) is 23.3 Å². The van der Waals surface area contributed by atoms with Crippen LogP contribution < -0.4 is 15.9 Å². The number of hydrogen-bond acceptors (Lipinski definition) is 4. The summed E-state index contributed by atoms with van der Waals surface area (Å²) in [5.41, 5.74) is 3.24. The van der Waals surface area contributed by atoms with E-state index >= 15 is 0 Å². The first kappa shape index (κ1) is 20.1. The van der Waals surface area contributed by atoms with E-state index in [-0.39, 0.29) is 12.5 Å². The van der Waals surface area contributed by atoms with E-state index in [0.717, 1.165) is 59.5 Å². The van der Waals surface area contributed by atoms with Gasteiger partial charge >= 0.3 is 5.69 Å². The molecule has 0 saturated carbocycles. The molecular weight excluding hydrogens is 376 g/mol. The highest BCUT2D eigenvalue weighted by Gasteiger charge is 2.21. The first-order valence-electron chi connectivity index (χ1n) is 10.5. The van der Waals surface area contributed by atoms with Crippen molar-refractivity contribution < 1.29 is 4.79 Å². The molecule has 1 aliphatic rings. The van der Waals surface area contributed by atoms with E-state index in [9.17, 15) is 9.59 Å². The SMILES string of the molecule is Cc1cc(C)cc(NC(=O)Cn2c(=O)nc(N3CCC(C)CC3)c3ccccc32)c1. The number of aromatic nitrogens is 2. The van der Waals surface area contributed by atoms with E-state index in [0.29, 0.717) is 5.92 Å². The summed E-state index contributed by atoms with van der Waals surface area (Å²) >= 11 is 0. The molecule has 0 atom stereocenters. The average molecular weight is 405 g/mol. The molecule has 0 bridgehead atoms. The van der Waals surface area contributed by atoms with E-state index in [1.165, 1.54) is 4.57 Å². The first-order chi connectivity index (χ1) is 14.4. The summed E-state index contributed by atoms with van der Waals surface area (Å²) in [7, 11) is 0. The molecule has 6 nitrogen and oxygen atoms in total. The normalized spacial score (nSPS) is 14.8. The molecular formula is C24H28N4O2. The first-order valence-corrected chi connectivity index (χ1v) is 10.5. The number of carbonyl (C=O) groups is 1. The Hall–Kier alpha value is -3.15. The van der Waals surface area contributed by atoms with Crippen LogP contribution >= 0.6 is 0 Å². The standard InChI is InChI=1S/C24H28N4O2/c1-16-8-10-27(11-9-16)23-20-6-4-5-7-21(20)28(24(30)26-23)15-22(29)25-19-13-17(2)12-18(3)14-19/h4-7,12-14,16H,8-11,15H2,1-3H3,(H,25,29).